The van der Waals surface area contributed by atoms with Crippen molar-refractivity contribution >= 4 is 5.97 Å². The Kier molecular flexibility index (Phi) is 5.01. The van der Waals surface area contributed by atoms with E-state index in [0.717, 1.165) is 32.5 Å². The van der Waals surface area contributed by atoms with Crippen LogP contribution in [-0.2, 0) is 4.79 Å². The van der Waals surface area contributed by atoms with Gasteiger partial charge in [-0.1, -0.05) is 0 Å². The molecule has 88 valence electrons. The Labute approximate surface area is 90.4 Å². The molecular weight excluding hydrogens is 194 g/mol. The number of nitrogens with two attached hydrogens (primary N) is 2. The molecule has 5 nitrogen and oxygen atoms in total. The van der Waals surface area contributed by atoms with Crippen molar-refractivity contribution in [3.63, 3.8) is 0 Å². The lowest BCUT2D eigenvalue weighted by atomic mass is 9.91. The van der Waals surface area contributed by atoms with Crippen molar-refractivity contribution < 1.29 is 9.90 Å². The van der Waals surface area contributed by atoms with E-state index >= 15 is 0 Å². The van der Waals surface area contributed by atoms with Gasteiger partial charge in [-0.05, 0) is 18.8 Å². The Morgan fingerprint density at radius 2 is 2.20 bits per heavy atom. The fraction of sp³-hybridized carbons (Fsp3) is 0.900. The van der Waals surface area contributed by atoms with Crippen LogP contribution in [0.1, 0.15) is 19.3 Å². The van der Waals surface area contributed by atoms with Crippen LogP contribution in [0.5, 0.6) is 0 Å². The fourth-order valence-corrected chi connectivity index (χ4v) is 2.25. The molecule has 0 radical (unpaired) electrons. The normalized spacial score (nSPS) is 27.9. The zero-order valence-electron chi connectivity index (χ0n) is 9.06. The number of carboxylic acids is 1. The van der Waals surface area contributed by atoms with Gasteiger partial charge in [0.2, 0.25) is 0 Å². The van der Waals surface area contributed by atoms with E-state index in [0.29, 0.717) is 12.5 Å². The summed E-state index contributed by atoms with van der Waals surface area (Å²) >= 11 is 0. The van der Waals surface area contributed by atoms with E-state index in [1.807, 2.05) is 0 Å². The maximum Gasteiger partial charge on any atom is 0.303 e. The second-order valence-corrected chi connectivity index (χ2v) is 4.34. The Hall–Kier alpha value is -0.650. The molecule has 2 unspecified atom stereocenters. The molecule has 0 bridgehead atoms. The van der Waals surface area contributed by atoms with Crippen LogP contribution in [0.4, 0.5) is 0 Å². The van der Waals surface area contributed by atoms with Gasteiger partial charge in [-0.25, -0.2) is 0 Å². The summed E-state index contributed by atoms with van der Waals surface area (Å²) in [5.74, 6) is -0.309. The molecule has 1 saturated heterocycles. The topological polar surface area (TPSA) is 92.6 Å². The first kappa shape index (κ1) is 12.4. The van der Waals surface area contributed by atoms with Crippen LogP contribution in [0.3, 0.4) is 0 Å². The lowest BCUT2D eigenvalue weighted by Crippen LogP contribution is -2.48. The van der Waals surface area contributed by atoms with Gasteiger partial charge in [-0.2, -0.15) is 0 Å². The van der Waals surface area contributed by atoms with E-state index in [-0.39, 0.29) is 12.5 Å². The third-order valence-corrected chi connectivity index (χ3v) is 2.86. The summed E-state index contributed by atoms with van der Waals surface area (Å²) in [6.45, 7) is 3.33. The van der Waals surface area contributed by atoms with Gasteiger partial charge in [0.25, 0.3) is 0 Å². The summed E-state index contributed by atoms with van der Waals surface area (Å²) in [6.07, 6.45) is 1.91. The number of aliphatic carboxylic acids is 1. The van der Waals surface area contributed by atoms with E-state index in [1.54, 1.807) is 0 Å². The van der Waals surface area contributed by atoms with Crippen LogP contribution in [0.15, 0.2) is 0 Å². The molecule has 0 aromatic heterocycles. The zero-order valence-corrected chi connectivity index (χ0v) is 9.06. The largest absolute Gasteiger partial charge is 0.481 e. The molecule has 0 amide bonds. The highest BCUT2D eigenvalue weighted by atomic mass is 16.4. The SMILES string of the molecule is NCCN1CC(N)CC(CCC(=O)O)C1. The number of hydrogen-bond donors (Lipinski definition) is 3. The molecule has 2 atom stereocenters. The Morgan fingerprint density at radius 1 is 1.47 bits per heavy atom. The van der Waals surface area contributed by atoms with Gasteiger partial charge in [-0.15, -0.1) is 0 Å². The number of hydrogen-bond acceptors (Lipinski definition) is 4. The standard InChI is InChI=1S/C10H21N3O2/c11-3-4-13-6-8(1-2-10(14)15)5-9(12)7-13/h8-9H,1-7,11-12H2,(H,14,15). The summed E-state index contributed by atoms with van der Waals surface area (Å²) in [5, 5.41) is 8.61. The molecule has 0 aromatic carbocycles. The first-order valence-corrected chi connectivity index (χ1v) is 5.51. The molecule has 5 heteroatoms. The molecule has 0 aliphatic carbocycles. The van der Waals surface area contributed by atoms with E-state index in [9.17, 15) is 4.79 Å². The van der Waals surface area contributed by atoms with Crippen LogP contribution in [0.25, 0.3) is 0 Å². The lowest BCUT2D eigenvalue weighted by molar-refractivity contribution is -0.137. The highest BCUT2D eigenvalue weighted by Gasteiger charge is 2.24. The smallest absolute Gasteiger partial charge is 0.303 e. The van der Waals surface area contributed by atoms with Gasteiger partial charge in [0.15, 0.2) is 0 Å². The number of likely N-dealkylation sites (tertiary alicyclic amines) is 1. The lowest BCUT2D eigenvalue weighted by Gasteiger charge is -2.36. The highest BCUT2D eigenvalue weighted by molar-refractivity contribution is 5.66. The number of piperidine rings is 1. The minimum absolute atomic E-state index is 0.170. The Morgan fingerprint density at radius 3 is 2.80 bits per heavy atom. The molecule has 5 N–H and O–H groups in total. The Balaban J connectivity index is 2.34. The van der Waals surface area contributed by atoms with Crippen molar-refractivity contribution in [2.24, 2.45) is 17.4 Å². The van der Waals surface area contributed by atoms with Crippen molar-refractivity contribution in [1.82, 2.24) is 4.90 Å². The number of nitrogens with zero attached hydrogens (tertiary/aromatic N) is 1. The highest BCUT2D eigenvalue weighted by Crippen LogP contribution is 2.20. The molecule has 0 spiro atoms. The van der Waals surface area contributed by atoms with Crippen molar-refractivity contribution in [1.29, 1.82) is 0 Å². The summed E-state index contributed by atoms with van der Waals surface area (Å²) < 4.78 is 0. The van der Waals surface area contributed by atoms with Crippen LogP contribution < -0.4 is 11.5 Å². The van der Waals surface area contributed by atoms with E-state index in [4.69, 9.17) is 16.6 Å². The quantitative estimate of drug-likeness (QED) is 0.572. The van der Waals surface area contributed by atoms with Crippen LogP contribution >= 0.6 is 0 Å². The van der Waals surface area contributed by atoms with E-state index in [1.165, 1.54) is 0 Å². The predicted molar refractivity (Wildman–Crippen MR) is 58.4 cm³/mol. The minimum Gasteiger partial charge on any atom is -0.481 e. The van der Waals surface area contributed by atoms with Crippen LogP contribution in [0.2, 0.25) is 0 Å². The minimum atomic E-state index is -0.723. The summed E-state index contributed by atoms with van der Waals surface area (Å²) in [5.41, 5.74) is 11.4. The van der Waals surface area contributed by atoms with Gasteiger partial charge in [0.1, 0.15) is 0 Å². The number of carbonyl (C=O) groups is 1. The molecule has 15 heavy (non-hydrogen) atoms. The van der Waals surface area contributed by atoms with Crippen molar-refractivity contribution in [3.8, 4) is 0 Å². The molecule has 0 aromatic rings. The van der Waals surface area contributed by atoms with Crippen molar-refractivity contribution in [2.75, 3.05) is 26.2 Å². The summed E-state index contributed by atoms with van der Waals surface area (Å²) in [4.78, 5) is 12.7. The summed E-state index contributed by atoms with van der Waals surface area (Å²) in [6, 6.07) is 0.170. The first-order chi connectivity index (χ1) is 7.11. The molecule has 0 saturated carbocycles. The van der Waals surface area contributed by atoms with Gasteiger partial charge in [0, 0.05) is 38.6 Å². The third kappa shape index (κ3) is 4.59. The van der Waals surface area contributed by atoms with E-state index < -0.39 is 5.97 Å². The van der Waals surface area contributed by atoms with Gasteiger partial charge in [-0.3, -0.25) is 4.79 Å². The maximum atomic E-state index is 10.5. The van der Waals surface area contributed by atoms with E-state index in [2.05, 4.69) is 4.90 Å². The average Bonchev–Trinajstić information content (AvgIpc) is 2.14. The van der Waals surface area contributed by atoms with Gasteiger partial charge < -0.3 is 21.5 Å². The zero-order chi connectivity index (χ0) is 11.3. The predicted octanol–water partition coefficient (Wildman–Crippen LogP) is -0.541. The van der Waals surface area contributed by atoms with Crippen LogP contribution in [0, 0.1) is 5.92 Å². The molecule has 1 aliphatic rings. The monoisotopic (exact) mass is 215 g/mol. The second-order valence-electron chi connectivity index (χ2n) is 4.34. The molecular formula is C10H21N3O2. The first-order valence-electron chi connectivity index (χ1n) is 5.51. The Bertz CT molecular complexity index is 211. The number of rotatable bonds is 5. The molecule has 1 fully saturated rings. The number of carboxylic acid groups (broad SMARTS) is 1. The third-order valence-electron chi connectivity index (χ3n) is 2.86. The van der Waals surface area contributed by atoms with Crippen molar-refractivity contribution in [3.05, 3.63) is 0 Å². The van der Waals surface area contributed by atoms with Gasteiger partial charge >= 0.3 is 5.97 Å². The van der Waals surface area contributed by atoms with Crippen molar-refractivity contribution in [2.45, 2.75) is 25.3 Å². The molecule has 1 aliphatic heterocycles. The average molecular weight is 215 g/mol. The summed E-state index contributed by atoms with van der Waals surface area (Å²) in [7, 11) is 0. The molecule has 1 rings (SSSR count). The molecule has 1 heterocycles. The maximum absolute atomic E-state index is 10.5. The van der Waals surface area contributed by atoms with Gasteiger partial charge in [0.05, 0.1) is 0 Å². The van der Waals surface area contributed by atoms with Crippen LogP contribution in [-0.4, -0.2) is 48.2 Å². The fourth-order valence-electron chi connectivity index (χ4n) is 2.25. The second kappa shape index (κ2) is 6.05.